The van der Waals surface area contributed by atoms with Crippen molar-refractivity contribution in [3.63, 3.8) is 0 Å². The van der Waals surface area contributed by atoms with Gasteiger partial charge in [-0.15, -0.1) is 0 Å². The zero-order chi connectivity index (χ0) is 25.7. The lowest BCUT2D eigenvalue weighted by Crippen LogP contribution is -2.46. The molecule has 0 aliphatic carbocycles. The van der Waals surface area contributed by atoms with Crippen LogP contribution in [0.15, 0.2) is 54.6 Å². The van der Waals surface area contributed by atoms with E-state index in [0.717, 1.165) is 6.42 Å². The van der Waals surface area contributed by atoms with Crippen LogP contribution in [0.3, 0.4) is 0 Å². The third-order valence-electron chi connectivity index (χ3n) is 6.28. The molecule has 1 saturated heterocycles. The van der Waals surface area contributed by atoms with Crippen molar-refractivity contribution in [2.75, 3.05) is 39.5 Å². The van der Waals surface area contributed by atoms with E-state index < -0.39 is 6.10 Å². The molecule has 1 amide bonds. The summed E-state index contributed by atoms with van der Waals surface area (Å²) in [4.78, 5) is 14.5. The first-order chi connectivity index (χ1) is 17.2. The van der Waals surface area contributed by atoms with Gasteiger partial charge in [0, 0.05) is 25.2 Å². The van der Waals surface area contributed by atoms with Crippen LogP contribution < -0.4 is 10.1 Å². The number of ether oxygens (including phenoxy) is 2. The van der Waals surface area contributed by atoms with Gasteiger partial charge >= 0.3 is 0 Å². The minimum Gasteiger partial charge on any atom is -0.489 e. The number of rotatable bonds is 9. The number of nitrogens with one attached hydrogen (secondary N) is 1. The number of aliphatic hydroxyl groups excluding tert-OH is 1. The lowest BCUT2D eigenvalue weighted by atomic mass is 9.93. The van der Waals surface area contributed by atoms with Crippen molar-refractivity contribution in [1.29, 1.82) is 0 Å². The Morgan fingerprint density at radius 1 is 1.08 bits per heavy atom. The van der Waals surface area contributed by atoms with Gasteiger partial charge in [-0.05, 0) is 48.7 Å². The molecule has 3 aromatic carbocycles. The van der Waals surface area contributed by atoms with Crippen molar-refractivity contribution in [2.45, 2.75) is 31.9 Å². The summed E-state index contributed by atoms with van der Waals surface area (Å²) < 4.78 is 11.0. The predicted molar refractivity (Wildman–Crippen MR) is 144 cm³/mol. The van der Waals surface area contributed by atoms with Crippen molar-refractivity contribution in [3.05, 3.63) is 75.8 Å². The molecule has 1 aliphatic heterocycles. The molecule has 0 radical (unpaired) electrons. The van der Waals surface area contributed by atoms with Gasteiger partial charge in [-0.2, -0.15) is 0 Å². The number of morpholine rings is 1. The second-order valence-corrected chi connectivity index (χ2v) is 10.5. The van der Waals surface area contributed by atoms with Crippen LogP contribution in [0.4, 0.5) is 0 Å². The maximum Gasteiger partial charge on any atom is 0.255 e. The molecule has 2 N–H and O–H groups in total. The van der Waals surface area contributed by atoms with Gasteiger partial charge < -0.3 is 24.8 Å². The molecule has 1 heterocycles. The summed E-state index contributed by atoms with van der Waals surface area (Å²) in [5.74, 6) is 0.143. The fourth-order valence-electron chi connectivity index (χ4n) is 4.31. The maximum absolute atomic E-state index is 12.8. The summed E-state index contributed by atoms with van der Waals surface area (Å²) in [5, 5.41) is 16.7. The molecule has 1 unspecified atom stereocenters. The Morgan fingerprint density at radius 2 is 1.81 bits per heavy atom. The van der Waals surface area contributed by atoms with Crippen LogP contribution in [-0.2, 0) is 11.2 Å². The average molecular weight is 531 g/mol. The number of amides is 1. The normalized spacial score (nSPS) is 15.2. The van der Waals surface area contributed by atoms with E-state index in [2.05, 4.69) is 49.5 Å². The van der Waals surface area contributed by atoms with Gasteiger partial charge in [0.05, 0.1) is 23.8 Å². The zero-order valence-electron chi connectivity index (χ0n) is 20.6. The van der Waals surface area contributed by atoms with Gasteiger partial charge in [0.15, 0.2) is 0 Å². The minimum atomic E-state index is -0.759. The van der Waals surface area contributed by atoms with Crippen LogP contribution >= 0.6 is 23.2 Å². The molecule has 6 nitrogen and oxygen atoms in total. The van der Waals surface area contributed by atoms with Gasteiger partial charge in [-0.25, -0.2) is 0 Å². The molecule has 0 spiro atoms. The smallest absolute Gasteiger partial charge is 0.255 e. The lowest BCUT2D eigenvalue weighted by molar-refractivity contribution is 0.0303. The molecular weight excluding hydrogens is 499 g/mol. The molecule has 1 aliphatic rings. The van der Waals surface area contributed by atoms with E-state index in [-0.39, 0.29) is 28.1 Å². The number of hydrogen-bond acceptors (Lipinski definition) is 5. The van der Waals surface area contributed by atoms with Crippen LogP contribution in [0.2, 0.25) is 10.0 Å². The standard InChI is InChI=1S/C28H32Cl2N2O4/c1-28(2,16-19-7-8-20-5-3-4-6-21(20)15-19)31-17-22(33)18-36-24-10-9-23(25(29)26(24)30)27(34)32-11-13-35-14-12-32/h3-10,15,22,31,33H,11-14,16-18H2,1-2H3. The Balaban J connectivity index is 1.29. The SMILES string of the molecule is CC(C)(Cc1ccc2ccccc2c1)NCC(O)COc1ccc(C(=O)N2CCOCC2)c(Cl)c1Cl. The fourth-order valence-corrected chi connectivity index (χ4v) is 4.76. The number of carbonyl (C=O) groups is 1. The molecular formula is C28H32Cl2N2O4. The molecule has 192 valence electrons. The quantitative estimate of drug-likeness (QED) is 0.408. The Labute approximate surface area is 222 Å². The molecule has 8 heteroatoms. The van der Waals surface area contributed by atoms with Crippen molar-refractivity contribution in [3.8, 4) is 5.75 Å². The van der Waals surface area contributed by atoms with E-state index in [9.17, 15) is 9.90 Å². The van der Waals surface area contributed by atoms with E-state index in [1.54, 1.807) is 17.0 Å². The van der Waals surface area contributed by atoms with Crippen LogP contribution in [0, 0.1) is 0 Å². The first-order valence-corrected chi connectivity index (χ1v) is 12.9. The molecule has 3 aromatic rings. The molecule has 36 heavy (non-hydrogen) atoms. The number of fused-ring (bicyclic) bond motifs is 1. The van der Waals surface area contributed by atoms with E-state index in [0.29, 0.717) is 44.2 Å². The third kappa shape index (κ3) is 6.69. The van der Waals surface area contributed by atoms with Crippen molar-refractivity contribution in [1.82, 2.24) is 10.2 Å². The number of nitrogens with zero attached hydrogens (tertiary/aromatic N) is 1. The highest BCUT2D eigenvalue weighted by Gasteiger charge is 2.24. The summed E-state index contributed by atoms with van der Waals surface area (Å²) in [6.07, 6.45) is 0.0521. The highest BCUT2D eigenvalue weighted by atomic mass is 35.5. The molecule has 1 fully saturated rings. The molecule has 0 bridgehead atoms. The van der Waals surface area contributed by atoms with Crippen molar-refractivity contribution >= 4 is 39.9 Å². The third-order valence-corrected chi connectivity index (χ3v) is 7.15. The first kappa shape index (κ1) is 26.7. The van der Waals surface area contributed by atoms with Gasteiger partial charge in [-0.1, -0.05) is 65.7 Å². The minimum absolute atomic E-state index is 0.0336. The van der Waals surface area contributed by atoms with Gasteiger partial charge in [-0.3, -0.25) is 4.79 Å². The molecule has 4 rings (SSSR count). The van der Waals surface area contributed by atoms with Gasteiger partial charge in [0.2, 0.25) is 0 Å². The molecule has 0 aromatic heterocycles. The summed E-state index contributed by atoms with van der Waals surface area (Å²) in [6.45, 7) is 6.63. The highest BCUT2D eigenvalue weighted by Crippen LogP contribution is 2.35. The van der Waals surface area contributed by atoms with Crippen molar-refractivity contribution in [2.24, 2.45) is 0 Å². The van der Waals surface area contributed by atoms with Crippen LogP contribution in [0.25, 0.3) is 10.8 Å². The monoisotopic (exact) mass is 530 g/mol. The summed E-state index contributed by atoms with van der Waals surface area (Å²) in [7, 11) is 0. The summed E-state index contributed by atoms with van der Waals surface area (Å²) in [5.41, 5.74) is 1.32. The van der Waals surface area contributed by atoms with Crippen molar-refractivity contribution < 1.29 is 19.4 Å². The van der Waals surface area contributed by atoms with E-state index in [1.807, 2.05) is 12.1 Å². The molecule has 1 atom stereocenters. The fraction of sp³-hybridized carbons (Fsp3) is 0.393. The molecule has 0 saturated carbocycles. The van der Waals surface area contributed by atoms with Crippen LogP contribution in [-0.4, -0.2) is 67.0 Å². The largest absolute Gasteiger partial charge is 0.489 e. The highest BCUT2D eigenvalue weighted by molar-refractivity contribution is 6.44. The number of aliphatic hydroxyl groups is 1. The average Bonchev–Trinajstić information content (AvgIpc) is 2.88. The maximum atomic E-state index is 12.8. The number of hydrogen-bond donors (Lipinski definition) is 2. The second kappa shape index (κ2) is 11.8. The first-order valence-electron chi connectivity index (χ1n) is 12.1. The summed E-state index contributed by atoms with van der Waals surface area (Å²) in [6, 6.07) is 18.0. The van der Waals surface area contributed by atoms with Crippen LogP contribution in [0.5, 0.6) is 5.75 Å². The Bertz CT molecular complexity index is 1210. The topological polar surface area (TPSA) is 71.0 Å². The van der Waals surface area contributed by atoms with Gasteiger partial charge in [0.1, 0.15) is 23.5 Å². The van der Waals surface area contributed by atoms with E-state index in [4.69, 9.17) is 32.7 Å². The Hall–Kier alpha value is -2.35. The number of benzene rings is 3. The van der Waals surface area contributed by atoms with Gasteiger partial charge in [0.25, 0.3) is 5.91 Å². The summed E-state index contributed by atoms with van der Waals surface area (Å²) >= 11 is 12.8. The predicted octanol–water partition coefficient (Wildman–Crippen LogP) is 4.97. The Kier molecular flexibility index (Phi) is 8.75. The van der Waals surface area contributed by atoms with E-state index >= 15 is 0 Å². The van der Waals surface area contributed by atoms with E-state index in [1.165, 1.54) is 16.3 Å². The lowest BCUT2D eigenvalue weighted by Gasteiger charge is -2.28. The van der Waals surface area contributed by atoms with Crippen LogP contribution in [0.1, 0.15) is 29.8 Å². The zero-order valence-corrected chi connectivity index (χ0v) is 22.1. The number of halogens is 2. The second-order valence-electron chi connectivity index (χ2n) is 9.73. The number of β-amino-alcohol motifs (C(OH)–C–C–N with tert-alkyl or cyclic N) is 1. The number of carbonyl (C=O) groups excluding carboxylic acids is 1. The Morgan fingerprint density at radius 3 is 2.56 bits per heavy atom.